The van der Waals surface area contributed by atoms with Gasteiger partial charge in [0.05, 0.1) is 10.0 Å². The van der Waals surface area contributed by atoms with Gasteiger partial charge in [-0.25, -0.2) is 0 Å². The number of ether oxygens (including phenoxy) is 2. The molecule has 0 aromatic heterocycles. The number of rotatable bonds is 4. The second-order valence-corrected chi connectivity index (χ2v) is 7.66. The molecule has 0 N–H and O–H groups in total. The van der Waals surface area contributed by atoms with E-state index >= 15 is 0 Å². The van der Waals surface area contributed by atoms with Crippen LogP contribution in [0.1, 0.15) is 5.56 Å². The highest BCUT2D eigenvalue weighted by Crippen LogP contribution is 2.33. The van der Waals surface area contributed by atoms with Crippen molar-refractivity contribution < 1.29 is 14.3 Å². The molecule has 5 nitrogen and oxygen atoms in total. The van der Waals surface area contributed by atoms with Crippen molar-refractivity contribution in [2.24, 2.45) is 0 Å². The average Bonchev–Trinajstić information content (AvgIpc) is 3.07. The number of benzene rings is 2. The van der Waals surface area contributed by atoms with E-state index in [1.807, 2.05) is 35.2 Å². The summed E-state index contributed by atoms with van der Waals surface area (Å²) in [6.07, 6.45) is 0.720. The van der Waals surface area contributed by atoms with Crippen LogP contribution in [0.5, 0.6) is 11.5 Å². The minimum absolute atomic E-state index is 0.00645. The first-order valence-corrected chi connectivity index (χ1v) is 9.84. The molecule has 0 saturated carbocycles. The van der Waals surface area contributed by atoms with Gasteiger partial charge in [-0.1, -0.05) is 35.8 Å². The fraction of sp³-hybridized carbons (Fsp3) is 0.286. The van der Waals surface area contributed by atoms with Gasteiger partial charge in [-0.05, 0) is 24.3 Å². The van der Waals surface area contributed by atoms with E-state index in [4.69, 9.17) is 32.7 Å². The quantitative estimate of drug-likeness (QED) is 0.746. The minimum Gasteiger partial charge on any atom is -0.484 e. The number of amides is 1. The normalized spacial score (nSPS) is 16.0. The number of nitrogens with zero attached hydrogens (tertiary/aromatic N) is 2. The van der Waals surface area contributed by atoms with Gasteiger partial charge in [0, 0.05) is 49.9 Å². The molecule has 2 aliphatic rings. The lowest BCUT2D eigenvalue weighted by Crippen LogP contribution is -2.50. The Hall–Kier alpha value is -2.37. The van der Waals surface area contributed by atoms with Crippen LogP contribution in [0.25, 0.3) is 0 Å². The molecule has 1 fully saturated rings. The number of hydrogen-bond donors (Lipinski definition) is 0. The Balaban J connectivity index is 1.29. The first-order valence-electron chi connectivity index (χ1n) is 9.09. The van der Waals surface area contributed by atoms with Gasteiger partial charge < -0.3 is 19.3 Å². The van der Waals surface area contributed by atoms with Gasteiger partial charge in [0.1, 0.15) is 17.3 Å². The molecule has 0 unspecified atom stereocenters. The molecular weight excluding hydrogens is 399 g/mol. The number of fused-ring (bicyclic) bond motifs is 1. The van der Waals surface area contributed by atoms with Gasteiger partial charge in [0.2, 0.25) is 0 Å². The first-order chi connectivity index (χ1) is 13.5. The van der Waals surface area contributed by atoms with E-state index in [0.29, 0.717) is 28.9 Å². The van der Waals surface area contributed by atoms with Crippen LogP contribution >= 0.6 is 23.2 Å². The zero-order valence-electron chi connectivity index (χ0n) is 15.3. The maximum atomic E-state index is 12.5. The molecule has 7 heteroatoms. The van der Waals surface area contributed by atoms with Crippen LogP contribution in [0, 0.1) is 0 Å². The molecule has 0 bridgehead atoms. The van der Waals surface area contributed by atoms with E-state index in [0.717, 1.165) is 42.3 Å². The molecule has 146 valence electrons. The molecule has 0 spiro atoms. The lowest BCUT2D eigenvalue weighted by Gasteiger charge is -2.36. The van der Waals surface area contributed by atoms with E-state index in [1.54, 1.807) is 6.07 Å². The van der Waals surface area contributed by atoms with Crippen molar-refractivity contribution >= 4 is 34.8 Å². The number of carbonyl (C=O) groups excluding carboxylic acids is 1. The maximum absolute atomic E-state index is 12.5. The molecule has 1 saturated heterocycles. The predicted molar refractivity (Wildman–Crippen MR) is 111 cm³/mol. The lowest BCUT2D eigenvalue weighted by atomic mass is 10.1. The van der Waals surface area contributed by atoms with Gasteiger partial charge in [-0.2, -0.15) is 0 Å². The van der Waals surface area contributed by atoms with Crippen molar-refractivity contribution in [2.45, 2.75) is 6.42 Å². The third-order valence-corrected chi connectivity index (χ3v) is 5.68. The topological polar surface area (TPSA) is 42.0 Å². The Morgan fingerprint density at radius 2 is 1.86 bits per heavy atom. The van der Waals surface area contributed by atoms with Crippen molar-refractivity contribution in [1.29, 1.82) is 0 Å². The predicted octanol–water partition coefficient (Wildman–Crippen LogP) is 4.17. The Morgan fingerprint density at radius 1 is 1.07 bits per heavy atom. The number of halogens is 2. The van der Waals surface area contributed by atoms with Crippen LogP contribution in [-0.2, 0) is 11.2 Å². The van der Waals surface area contributed by atoms with Crippen molar-refractivity contribution in [3.8, 4) is 11.5 Å². The number of piperazine rings is 1. The van der Waals surface area contributed by atoms with Crippen molar-refractivity contribution in [1.82, 2.24) is 4.90 Å². The highest BCUT2D eigenvalue weighted by Gasteiger charge is 2.22. The summed E-state index contributed by atoms with van der Waals surface area (Å²) < 4.78 is 11.2. The molecule has 28 heavy (non-hydrogen) atoms. The molecular formula is C21H20Cl2N2O3. The Morgan fingerprint density at radius 3 is 2.61 bits per heavy atom. The van der Waals surface area contributed by atoms with E-state index in [1.165, 1.54) is 0 Å². The summed E-state index contributed by atoms with van der Waals surface area (Å²) in [5.74, 6) is 2.07. The van der Waals surface area contributed by atoms with Crippen molar-refractivity contribution in [3.63, 3.8) is 0 Å². The largest absolute Gasteiger partial charge is 0.484 e. The summed E-state index contributed by atoms with van der Waals surface area (Å²) in [4.78, 5) is 16.5. The Labute approximate surface area is 174 Å². The maximum Gasteiger partial charge on any atom is 0.260 e. The minimum atomic E-state index is -0.0281. The summed E-state index contributed by atoms with van der Waals surface area (Å²) in [6, 6.07) is 11.2. The second-order valence-electron chi connectivity index (χ2n) is 6.84. The van der Waals surface area contributed by atoms with Crippen LogP contribution in [0.2, 0.25) is 10.0 Å². The summed E-state index contributed by atoms with van der Waals surface area (Å²) >= 11 is 12.1. The average molecular weight is 419 g/mol. The van der Waals surface area contributed by atoms with Gasteiger partial charge in [-0.15, -0.1) is 0 Å². The fourth-order valence-corrected chi connectivity index (χ4v) is 3.69. The summed E-state index contributed by atoms with van der Waals surface area (Å²) in [7, 11) is 0. The molecule has 2 aromatic carbocycles. The van der Waals surface area contributed by atoms with Crippen molar-refractivity contribution in [3.05, 3.63) is 64.3 Å². The zero-order chi connectivity index (χ0) is 19.7. The van der Waals surface area contributed by atoms with Crippen LogP contribution in [-0.4, -0.2) is 43.6 Å². The van der Waals surface area contributed by atoms with E-state index in [2.05, 4.69) is 11.5 Å². The molecule has 2 aromatic rings. The molecule has 4 rings (SSSR count). The van der Waals surface area contributed by atoms with E-state index < -0.39 is 0 Å². The van der Waals surface area contributed by atoms with Gasteiger partial charge in [0.15, 0.2) is 6.61 Å². The summed E-state index contributed by atoms with van der Waals surface area (Å²) in [6.45, 7) is 6.57. The number of carbonyl (C=O) groups is 1. The molecule has 0 aliphatic carbocycles. The highest BCUT2D eigenvalue weighted by atomic mass is 35.5. The smallest absolute Gasteiger partial charge is 0.260 e. The Kier molecular flexibility index (Phi) is 5.38. The summed E-state index contributed by atoms with van der Waals surface area (Å²) in [5, 5.41) is 1.07. The van der Waals surface area contributed by atoms with Crippen LogP contribution < -0.4 is 14.4 Å². The van der Waals surface area contributed by atoms with Gasteiger partial charge >= 0.3 is 0 Å². The molecule has 1 amide bonds. The van der Waals surface area contributed by atoms with Crippen LogP contribution in [0.3, 0.4) is 0 Å². The summed E-state index contributed by atoms with van der Waals surface area (Å²) in [5.41, 5.74) is 2.10. The standard InChI is InChI=1S/C21H20Cl2N2O3/c1-14-10-15-2-4-17(12-20(15)28-14)27-13-21(26)25-8-6-24(7-9-25)16-3-5-18(22)19(23)11-16/h2-5,11-12H,1,6-10,13H2. The fourth-order valence-electron chi connectivity index (χ4n) is 3.40. The monoisotopic (exact) mass is 418 g/mol. The van der Waals surface area contributed by atoms with Crippen LogP contribution in [0.15, 0.2) is 48.7 Å². The second kappa shape index (κ2) is 7.94. The van der Waals surface area contributed by atoms with E-state index in [-0.39, 0.29) is 12.5 Å². The zero-order valence-corrected chi connectivity index (χ0v) is 16.8. The number of allylic oxidation sites excluding steroid dienone is 1. The van der Waals surface area contributed by atoms with E-state index in [9.17, 15) is 4.79 Å². The molecule has 2 heterocycles. The first kappa shape index (κ1) is 19.0. The molecule has 0 atom stereocenters. The van der Waals surface area contributed by atoms with Gasteiger partial charge in [0.25, 0.3) is 5.91 Å². The van der Waals surface area contributed by atoms with Gasteiger partial charge in [-0.3, -0.25) is 4.79 Å². The SMILES string of the molecule is C=C1Cc2ccc(OCC(=O)N3CCN(c4ccc(Cl)c(Cl)c4)CC3)cc2O1. The third kappa shape index (κ3) is 4.05. The van der Waals surface area contributed by atoms with Crippen molar-refractivity contribution in [2.75, 3.05) is 37.7 Å². The lowest BCUT2D eigenvalue weighted by molar-refractivity contribution is -0.133. The number of hydrogen-bond acceptors (Lipinski definition) is 4. The highest BCUT2D eigenvalue weighted by molar-refractivity contribution is 6.42. The number of anilines is 1. The van der Waals surface area contributed by atoms with Crippen LogP contribution in [0.4, 0.5) is 5.69 Å². The Bertz CT molecular complexity index is 924. The molecule has 0 radical (unpaired) electrons. The molecule has 2 aliphatic heterocycles. The third-order valence-electron chi connectivity index (χ3n) is 4.94.